The zero-order valence-corrected chi connectivity index (χ0v) is 15.7. The highest BCUT2D eigenvalue weighted by molar-refractivity contribution is 5.78. The van der Waals surface area contributed by atoms with E-state index in [1.807, 2.05) is 41.3 Å². The van der Waals surface area contributed by atoms with E-state index in [2.05, 4.69) is 26.6 Å². The third kappa shape index (κ3) is 3.56. The third-order valence-electron chi connectivity index (χ3n) is 4.99. The van der Waals surface area contributed by atoms with Gasteiger partial charge in [-0.3, -0.25) is 4.68 Å². The van der Waals surface area contributed by atoms with Crippen molar-refractivity contribution >= 4 is 17.3 Å². The van der Waals surface area contributed by atoms with Gasteiger partial charge in [0.15, 0.2) is 5.65 Å². The van der Waals surface area contributed by atoms with Crippen LogP contribution < -0.4 is 5.32 Å². The maximum Gasteiger partial charge on any atom is 0.247 e. The van der Waals surface area contributed by atoms with Gasteiger partial charge in [-0.25, -0.2) is 4.52 Å². The van der Waals surface area contributed by atoms with Crippen LogP contribution in [0.15, 0.2) is 55.0 Å². The first-order valence-corrected chi connectivity index (χ1v) is 9.55. The molecule has 4 heterocycles. The fraction of sp³-hybridized carbons (Fsp3) is 0.238. The summed E-state index contributed by atoms with van der Waals surface area (Å²) in [5.74, 6) is 0.503. The number of benzene rings is 1. The van der Waals surface area contributed by atoms with E-state index < -0.39 is 0 Å². The number of ether oxygens (including phenoxy) is 1. The lowest BCUT2D eigenvalue weighted by molar-refractivity contribution is 0.0940. The Morgan fingerprint density at radius 2 is 2.14 bits per heavy atom. The first kappa shape index (κ1) is 17.4. The molecule has 1 N–H and O–H groups in total. The van der Waals surface area contributed by atoms with Crippen LogP contribution >= 0.6 is 0 Å². The van der Waals surface area contributed by atoms with Crippen molar-refractivity contribution in [1.29, 1.82) is 5.26 Å². The zero-order chi connectivity index (χ0) is 19.6. The van der Waals surface area contributed by atoms with Gasteiger partial charge in [0.2, 0.25) is 5.95 Å². The topological polar surface area (TPSA) is 93.1 Å². The van der Waals surface area contributed by atoms with Gasteiger partial charge in [-0.2, -0.15) is 15.3 Å². The Labute approximate surface area is 167 Å². The van der Waals surface area contributed by atoms with Crippen molar-refractivity contribution in [3.8, 4) is 17.2 Å². The molecular weight excluding hydrogens is 366 g/mol. The Morgan fingerprint density at radius 3 is 2.93 bits per heavy atom. The lowest BCUT2D eigenvalue weighted by atomic mass is 10.1. The first-order valence-electron chi connectivity index (χ1n) is 9.55. The minimum atomic E-state index is 0.242. The largest absolute Gasteiger partial charge is 0.376 e. The van der Waals surface area contributed by atoms with Gasteiger partial charge in [-0.15, -0.1) is 5.10 Å². The maximum atomic E-state index is 9.00. The smallest absolute Gasteiger partial charge is 0.247 e. The van der Waals surface area contributed by atoms with E-state index in [0.717, 1.165) is 48.5 Å². The monoisotopic (exact) mass is 385 g/mol. The molecule has 8 heteroatoms. The Bertz CT molecular complexity index is 1180. The number of rotatable bonds is 5. The SMILES string of the molecule is N#Cc1ccc(-c2cccn3nc(Nc4cnn(C[C@@H]5CCCO5)c4)nc23)cc1. The van der Waals surface area contributed by atoms with Crippen LogP contribution in [-0.4, -0.2) is 37.1 Å². The second-order valence-corrected chi connectivity index (χ2v) is 7.03. The quantitative estimate of drug-likeness (QED) is 0.566. The highest BCUT2D eigenvalue weighted by atomic mass is 16.5. The molecule has 0 spiro atoms. The number of hydrogen-bond donors (Lipinski definition) is 1. The Kier molecular flexibility index (Phi) is 4.42. The number of hydrogen-bond acceptors (Lipinski definition) is 6. The molecule has 1 saturated heterocycles. The average molecular weight is 385 g/mol. The van der Waals surface area contributed by atoms with Gasteiger partial charge in [-0.05, 0) is 42.7 Å². The van der Waals surface area contributed by atoms with Crippen LogP contribution in [0.3, 0.4) is 0 Å². The zero-order valence-electron chi connectivity index (χ0n) is 15.7. The number of anilines is 2. The summed E-state index contributed by atoms with van der Waals surface area (Å²) in [5.41, 5.74) is 4.14. The highest BCUT2D eigenvalue weighted by Gasteiger charge is 2.17. The van der Waals surface area contributed by atoms with Crippen molar-refractivity contribution in [2.45, 2.75) is 25.5 Å². The predicted octanol–water partition coefficient (Wildman–Crippen LogP) is 3.39. The summed E-state index contributed by atoms with van der Waals surface area (Å²) in [6.45, 7) is 1.59. The van der Waals surface area contributed by atoms with Crippen molar-refractivity contribution in [3.05, 3.63) is 60.6 Å². The summed E-state index contributed by atoms with van der Waals surface area (Å²) in [7, 11) is 0. The van der Waals surface area contributed by atoms with E-state index in [1.54, 1.807) is 22.8 Å². The number of pyridine rings is 1. The van der Waals surface area contributed by atoms with E-state index in [-0.39, 0.29) is 6.10 Å². The van der Waals surface area contributed by atoms with Crippen molar-refractivity contribution in [2.75, 3.05) is 11.9 Å². The van der Waals surface area contributed by atoms with E-state index in [1.165, 1.54) is 0 Å². The van der Waals surface area contributed by atoms with Crippen molar-refractivity contribution in [1.82, 2.24) is 24.4 Å². The van der Waals surface area contributed by atoms with Crippen molar-refractivity contribution in [3.63, 3.8) is 0 Å². The fourth-order valence-electron chi connectivity index (χ4n) is 3.56. The predicted molar refractivity (Wildman–Crippen MR) is 108 cm³/mol. The third-order valence-corrected chi connectivity index (χ3v) is 4.99. The normalized spacial score (nSPS) is 16.2. The van der Waals surface area contributed by atoms with Gasteiger partial charge in [0, 0.05) is 24.6 Å². The van der Waals surface area contributed by atoms with E-state index in [4.69, 9.17) is 10.00 Å². The van der Waals surface area contributed by atoms with Crippen LogP contribution in [0.2, 0.25) is 0 Å². The molecule has 0 aliphatic carbocycles. The number of nitrogens with zero attached hydrogens (tertiary/aromatic N) is 6. The number of nitrogens with one attached hydrogen (secondary N) is 1. The number of fused-ring (bicyclic) bond motifs is 1. The summed E-state index contributed by atoms with van der Waals surface area (Å²) in [6, 6.07) is 13.5. The average Bonchev–Trinajstić information content (AvgIpc) is 3.49. The molecule has 0 saturated carbocycles. The lowest BCUT2D eigenvalue weighted by Crippen LogP contribution is -2.15. The molecule has 0 unspecified atom stereocenters. The standard InChI is InChI=1S/C21H19N7O/c22-11-15-5-7-16(8-6-15)19-4-1-9-28-20(19)25-21(26-28)24-17-12-23-27(13-17)14-18-3-2-10-29-18/h1,4-9,12-13,18H,2-3,10,14H2,(H,24,26)/t18-/m0/s1. The Balaban J connectivity index is 1.39. The molecule has 5 rings (SSSR count). The molecule has 1 aromatic carbocycles. The van der Waals surface area contributed by atoms with Crippen LogP contribution in [-0.2, 0) is 11.3 Å². The number of aromatic nitrogens is 5. The molecule has 0 amide bonds. The second kappa shape index (κ2) is 7.37. The van der Waals surface area contributed by atoms with Gasteiger partial charge in [0.25, 0.3) is 0 Å². The van der Waals surface area contributed by atoms with Crippen molar-refractivity contribution in [2.24, 2.45) is 0 Å². The summed E-state index contributed by atoms with van der Waals surface area (Å²) in [6.07, 6.45) is 8.00. The molecule has 4 aromatic rings. The molecule has 1 atom stereocenters. The van der Waals surface area contributed by atoms with Crippen LogP contribution in [0.1, 0.15) is 18.4 Å². The maximum absolute atomic E-state index is 9.00. The molecule has 0 bridgehead atoms. The Morgan fingerprint density at radius 1 is 1.24 bits per heavy atom. The highest BCUT2D eigenvalue weighted by Crippen LogP contribution is 2.25. The van der Waals surface area contributed by atoms with Gasteiger partial charge < -0.3 is 10.1 Å². The van der Waals surface area contributed by atoms with Crippen LogP contribution in [0, 0.1) is 11.3 Å². The molecule has 0 radical (unpaired) electrons. The molecular formula is C21H19N7O. The summed E-state index contributed by atoms with van der Waals surface area (Å²) in [4.78, 5) is 4.65. The van der Waals surface area contributed by atoms with Crippen LogP contribution in [0.5, 0.6) is 0 Å². The van der Waals surface area contributed by atoms with Crippen LogP contribution in [0.25, 0.3) is 16.8 Å². The fourth-order valence-corrected chi connectivity index (χ4v) is 3.56. The minimum absolute atomic E-state index is 0.242. The van der Waals surface area contributed by atoms with Gasteiger partial charge in [0.05, 0.1) is 36.2 Å². The van der Waals surface area contributed by atoms with Gasteiger partial charge in [0.1, 0.15) is 0 Å². The van der Waals surface area contributed by atoms with E-state index >= 15 is 0 Å². The van der Waals surface area contributed by atoms with E-state index in [9.17, 15) is 0 Å². The second-order valence-electron chi connectivity index (χ2n) is 7.03. The molecule has 1 aliphatic rings. The van der Waals surface area contributed by atoms with Gasteiger partial charge in [-0.1, -0.05) is 12.1 Å². The minimum Gasteiger partial charge on any atom is -0.376 e. The Hall–Kier alpha value is -3.70. The molecule has 1 aliphatic heterocycles. The molecule has 29 heavy (non-hydrogen) atoms. The first-order chi connectivity index (χ1) is 14.3. The molecule has 3 aromatic heterocycles. The molecule has 1 fully saturated rings. The molecule has 144 valence electrons. The van der Waals surface area contributed by atoms with Crippen LogP contribution in [0.4, 0.5) is 11.6 Å². The summed E-state index contributed by atoms with van der Waals surface area (Å²) < 4.78 is 9.29. The van der Waals surface area contributed by atoms with Crippen molar-refractivity contribution < 1.29 is 4.74 Å². The number of nitriles is 1. The lowest BCUT2D eigenvalue weighted by Gasteiger charge is -2.08. The van der Waals surface area contributed by atoms with Gasteiger partial charge >= 0.3 is 0 Å². The van der Waals surface area contributed by atoms with E-state index in [0.29, 0.717) is 11.5 Å². The summed E-state index contributed by atoms with van der Waals surface area (Å²) in [5, 5.41) is 21.1. The summed E-state index contributed by atoms with van der Waals surface area (Å²) >= 11 is 0. The molecule has 8 nitrogen and oxygen atoms in total.